The number of hydrogen-bond acceptors (Lipinski definition) is 5. The normalized spacial score (nSPS) is 11.8. The molecule has 0 fully saturated rings. The zero-order chi connectivity index (χ0) is 25.0. The van der Waals surface area contributed by atoms with Gasteiger partial charge >= 0.3 is 0 Å². The lowest BCUT2D eigenvalue weighted by Gasteiger charge is -2.15. The highest BCUT2D eigenvalue weighted by atomic mass is 19.1. The molecule has 2 aromatic carbocycles. The van der Waals surface area contributed by atoms with Crippen LogP contribution in [0.15, 0.2) is 48.7 Å². The van der Waals surface area contributed by atoms with Crippen molar-refractivity contribution in [3.05, 3.63) is 77.0 Å². The molecule has 3 rings (SSSR count). The lowest BCUT2D eigenvalue weighted by atomic mass is 9.99. The summed E-state index contributed by atoms with van der Waals surface area (Å²) in [5, 5.41) is 18.5. The van der Waals surface area contributed by atoms with E-state index in [-0.39, 0.29) is 17.5 Å². The van der Waals surface area contributed by atoms with Crippen LogP contribution in [0.2, 0.25) is 0 Å². The standard InChI is InChI=1S/C25H26F2N4O3/c1-13(2)30-24(33)21-10-16(12-29-23(21)28-4)20-6-5-19(7-14(20)3)31-25(34)22(32)15-8-17(26)11-18(27)9-15/h5-13,22,32H,1-4H3,(H,28,29)(H,30,33)(H,31,34). The molecule has 0 radical (unpaired) electrons. The minimum absolute atomic E-state index is 0.0373. The second kappa shape index (κ2) is 10.4. The Morgan fingerprint density at radius 3 is 2.29 bits per heavy atom. The van der Waals surface area contributed by atoms with Gasteiger partial charge in [-0.3, -0.25) is 9.59 Å². The second-order valence-electron chi connectivity index (χ2n) is 8.12. The van der Waals surface area contributed by atoms with Gasteiger partial charge in [0.15, 0.2) is 6.10 Å². The summed E-state index contributed by atoms with van der Waals surface area (Å²) in [6, 6.07) is 9.22. The van der Waals surface area contributed by atoms with Gasteiger partial charge < -0.3 is 21.1 Å². The van der Waals surface area contributed by atoms with E-state index in [2.05, 4.69) is 20.9 Å². The third-order valence-corrected chi connectivity index (χ3v) is 5.04. The van der Waals surface area contributed by atoms with Crippen molar-refractivity contribution >= 4 is 23.3 Å². The number of amides is 2. The molecule has 0 aliphatic rings. The molecule has 9 heteroatoms. The first-order valence-corrected chi connectivity index (χ1v) is 10.6. The number of aliphatic hydroxyl groups is 1. The zero-order valence-corrected chi connectivity index (χ0v) is 19.2. The molecule has 7 nitrogen and oxygen atoms in total. The van der Waals surface area contributed by atoms with Gasteiger partial charge in [-0.1, -0.05) is 6.07 Å². The number of carbonyl (C=O) groups excluding carboxylic acids is 2. The van der Waals surface area contributed by atoms with Crippen molar-refractivity contribution in [3.8, 4) is 11.1 Å². The fourth-order valence-corrected chi connectivity index (χ4v) is 3.48. The highest BCUT2D eigenvalue weighted by Gasteiger charge is 2.20. The highest BCUT2D eigenvalue weighted by molar-refractivity contribution is 6.00. The van der Waals surface area contributed by atoms with Gasteiger partial charge in [0.05, 0.1) is 5.56 Å². The maximum atomic E-state index is 13.4. The Morgan fingerprint density at radius 2 is 1.71 bits per heavy atom. The first-order chi connectivity index (χ1) is 16.1. The Kier molecular flexibility index (Phi) is 7.57. The number of benzene rings is 2. The Labute approximate surface area is 196 Å². The smallest absolute Gasteiger partial charge is 0.257 e. The molecule has 4 N–H and O–H groups in total. The Balaban J connectivity index is 1.83. The van der Waals surface area contributed by atoms with Crippen molar-refractivity contribution in [1.82, 2.24) is 10.3 Å². The van der Waals surface area contributed by atoms with Gasteiger partial charge in [-0.2, -0.15) is 0 Å². The molecular formula is C25H26F2N4O3. The van der Waals surface area contributed by atoms with Crippen LogP contribution < -0.4 is 16.0 Å². The van der Waals surface area contributed by atoms with E-state index in [9.17, 15) is 23.5 Å². The third-order valence-electron chi connectivity index (χ3n) is 5.04. The first-order valence-electron chi connectivity index (χ1n) is 10.6. The van der Waals surface area contributed by atoms with E-state index < -0.39 is 23.6 Å². The Hall–Kier alpha value is -3.85. The van der Waals surface area contributed by atoms with Crippen molar-refractivity contribution in [3.63, 3.8) is 0 Å². The number of carbonyl (C=O) groups is 2. The summed E-state index contributed by atoms with van der Waals surface area (Å²) in [5.41, 5.74) is 2.87. The summed E-state index contributed by atoms with van der Waals surface area (Å²) in [7, 11) is 1.68. The van der Waals surface area contributed by atoms with Crippen LogP contribution in [0.25, 0.3) is 11.1 Å². The number of nitrogens with one attached hydrogen (secondary N) is 3. The van der Waals surface area contributed by atoms with Crippen LogP contribution >= 0.6 is 0 Å². The summed E-state index contributed by atoms with van der Waals surface area (Å²) in [6.07, 6.45) is -0.105. The first kappa shape index (κ1) is 24.8. The topological polar surface area (TPSA) is 103 Å². The molecule has 0 bridgehead atoms. The van der Waals surface area contributed by atoms with Crippen molar-refractivity contribution in [2.45, 2.75) is 32.9 Å². The van der Waals surface area contributed by atoms with Crippen LogP contribution in [0.5, 0.6) is 0 Å². The average Bonchev–Trinajstić information content (AvgIpc) is 2.77. The number of hydrogen-bond donors (Lipinski definition) is 4. The number of nitrogens with zero attached hydrogens (tertiary/aromatic N) is 1. The molecule has 0 aliphatic heterocycles. The van der Waals surface area contributed by atoms with E-state index in [0.29, 0.717) is 28.7 Å². The maximum Gasteiger partial charge on any atom is 0.257 e. The lowest BCUT2D eigenvalue weighted by molar-refractivity contribution is -0.124. The minimum Gasteiger partial charge on any atom is -0.378 e. The van der Waals surface area contributed by atoms with E-state index in [1.807, 2.05) is 20.8 Å². The molecule has 0 aliphatic carbocycles. The van der Waals surface area contributed by atoms with Crippen molar-refractivity contribution in [2.75, 3.05) is 17.7 Å². The van der Waals surface area contributed by atoms with Gasteiger partial charge in [0.2, 0.25) is 0 Å². The number of aromatic nitrogens is 1. The van der Waals surface area contributed by atoms with Crippen LogP contribution in [0.4, 0.5) is 20.3 Å². The van der Waals surface area contributed by atoms with Crippen LogP contribution in [-0.2, 0) is 4.79 Å². The predicted octanol–water partition coefficient (Wildman–Crippen LogP) is 4.19. The van der Waals surface area contributed by atoms with Crippen LogP contribution in [-0.4, -0.2) is 35.0 Å². The fraction of sp³-hybridized carbons (Fsp3) is 0.240. The van der Waals surface area contributed by atoms with Gasteiger partial charge in [0.1, 0.15) is 17.5 Å². The number of rotatable bonds is 7. The maximum absolute atomic E-state index is 13.4. The second-order valence-corrected chi connectivity index (χ2v) is 8.12. The molecule has 178 valence electrons. The number of aliphatic hydroxyl groups excluding tert-OH is 1. The molecule has 34 heavy (non-hydrogen) atoms. The predicted molar refractivity (Wildman–Crippen MR) is 127 cm³/mol. The van der Waals surface area contributed by atoms with Gasteiger partial charge in [-0.25, -0.2) is 13.8 Å². The molecule has 1 aromatic heterocycles. The van der Waals surface area contributed by atoms with Crippen molar-refractivity contribution in [1.29, 1.82) is 0 Å². The molecule has 1 unspecified atom stereocenters. The van der Waals surface area contributed by atoms with Crippen LogP contribution in [0.1, 0.15) is 41.4 Å². The van der Waals surface area contributed by atoms with Gasteiger partial charge in [-0.05, 0) is 67.8 Å². The van der Waals surface area contributed by atoms with Gasteiger partial charge in [0.25, 0.3) is 11.8 Å². The summed E-state index contributed by atoms with van der Waals surface area (Å²) >= 11 is 0. The summed E-state index contributed by atoms with van der Waals surface area (Å²) in [4.78, 5) is 29.4. The fourth-order valence-electron chi connectivity index (χ4n) is 3.48. The molecule has 3 aromatic rings. The van der Waals surface area contributed by atoms with E-state index in [1.165, 1.54) is 0 Å². The van der Waals surface area contributed by atoms with E-state index in [4.69, 9.17) is 0 Å². The summed E-state index contributed by atoms with van der Waals surface area (Å²) in [6.45, 7) is 5.56. The largest absolute Gasteiger partial charge is 0.378 e. The molecule has 2 amide bonds. The summed E-state index contributed by atoms with van der Waals surface area (Å²) < 4.78 is 26.8. The molecule has 0 saturated carbocycles. The van der Waals surface area contributed by atoms with Crippen molar-refractivity contribution in [2.24, 2.45) is 0 Å². The van der Waals surface area contributed by atoms with Gasteiger partial charge in [0, 0.05) is 36.6 Å². The quantitative estimate of drug-likeness (QED) is 0.416. The van der Waals surface area contributed by atoms with E-state index in [0.717, 1.165) is 23.3 Å². The van der Waals surface area contributed by atoms with E-state index in [1.54, 1.807) is 37.5 Å². The number of halogens is 2. The molecule has 1 heterocycles. The lowest BCUT2D eigenvalue weighted by Crippen LogP contribution is -2.30. The number of aryl methyl sites for hydroxylation is 1. The van der Waals surface area contributed by atoms with Crippen LogP contribution in [0.3, 0.4) is 0 Å². The highest BCUT2D eigenvalue weighted by Crippen LogP contribution is 2.29. The molecule has 0 spiro atoms. The number of pyridine rings is 1. The third kappa shape index (κ3) is 5.74. The molecule has 0 saturated heterocycles. The molecular weight excluding hydrogens is 442 g/mol. The summed E-state index contributed by atoms with van der Waals surface area (Å²) in [5.74, 6) is -2.41. The Bertz CT molecular complexity index is 1210. The van der Waals surface area contributed by atoms with Gasteiger partial charge in [-0.15, -0.1) is 0 Å². The average molecular weight is 469 g/mol. The Morgan fingerprint density at radius 1 is 1.03 bits per heavy atom. The van der Waals surface area contributed by atoms with Crippen molar-refractivity contribution < 1.29 is 23.5 Å². The van der Waals surface area contributed by atoms with E-state index >= 15 is 0 Å². The number of anilines is 2. The molecule has 1 atom stereocenters. The SMILES string of the molecule is CNc1ncc(-c2ccc(NC(=O)C(O)c3cc(F)cc(F)c3)cc2C)cc1C(=O)NC(C)C. The monoisotopic (exact) mass is 468 g/mol. The van der Waals surface area contributed by atoms with Crippen LogP contribution in [0, 0.1) is 18.6 Å². The minimum atomic E-state index is -1.74. The zero-order valence-electron chi connectivity index (χ0n) is 19.2.